The van der Waals surface area contributed by atoms with Gasteiger partial charge in [0.25, 0.3) is 0 Å². The monoisotopic (exact) mass is 627 g/mol. The maximum Gasteiger partial charge on any atom is 0.408 e. The van der Waals surface area contributed by atoms with Crippen LogP contribution in [0, 0.1) is 6.92 Å². The van der Waals surface area contributed by atoms with E-state index in [4.69, 9.17) is 9.47 Å². The molecule has 3 amide bonds. The van der Waals surface area contributed by atoms with Crippen LogP contribution in [0.25, 0.3) is 0 Å². The molecule has 10 heteroatoms. The molecule has 0 aromatic heterocycles. The predicted octanol–water partition coefficient (Wildman–Crippen LogP) is 5.56. The minimum absolute atomic E-state index is 0.0403. The van der Waals surface area contributed by atoms with Gasteiger partial charge in [0, 0.05) is 17.7 Å². The van der Waals surface area contributed by atoms with E-state index >= 15 is 0 Å². The third-order valence-electron chi connectivity index (χ3n) is 6.29. The summed E-state index contributed by atoms with van der Waals surface area (Å²) >= 11 is 4.35. The number of carbonyl (C=O) groups is 4. The van der Waals surface area contributed by atoms with E-state index in [0.717, 1.165) is 11.1 Å². The van der Waals surface area contributed by atoms with E-state index in [1.807, 2.05) is 49.4 Å². The Morgan fingerprint density at radius 1 is 0.795 bits per heavy atom. The van der Waals surface area contributed by atoms with Gasteiger partial charge in [-0.3, -0.25) is 9.59 Å². The Labute approximate surface area is 267 Å². The van der Waals surface area contributed by atoms with Gasteiger partial charge in [-0.15, -0.1) is 0 Å². The van der Waals surface area contributed by atoms with Crippen LogP contribution in [0.15, 0.2) is 54.6 Å². The lowest BCUT2D eigenvalue weighted by Gasteiger charge is -2.43. The van der Waals surface area contributed by atoms with Crippen molar-refractivity contribution in [3.8, 4) is 0 Å². The van der Waals surface area contributed by atoms with Gasteiger partial charge in [0.05, 0.1) is 0 Å². The van der Waals surface area contributed by atoms with E-state index in [9.17, 15) is 19.2 Å². The zero-order valence-electron chi connectivity index (χ0n) is 27.7. The minimum atomic E-state index is -1.16. The summed E-state index contributed by atoms with van der Waals surface area (Å²) in [5.74, 6) is -1.73. The Kier molecular flexibility index (Phi) is 12.5. The van der Waals surface area contributed by atoms with Gasteiger partial charge in [0.2, 0.25) is 11.8 Å². The molecule has 2 N–H and O–H groups in total. The summed E-state index contributed by atoms with van der Waals surface area (Å²) in [6, 6.07) is 13.3. The van der Waals surface area contributed by atoms with Crippen molar-refractivity contribution in [2.45, 2.75) is 111 Å². The van der Waals surface area contributed by atoms with Crippen LogP contribution >= 0.6 is 12.6 Å². The van der Waals surface area contributed by atoms with Crippen LogP contribution in [0.3, 0.4) is 0 Å². The average Bonchev–Trinajstić information content (AvgIpc) is 2.87. The number of esters is 1. The summed E-state index contributed by atoms with van der Waals surface area (Å²) in [7, 11) is 0. The summed E-state index contributed by atoms with van der Waals surface area (Å²) in [6.07, 6.45) is -0.589. The maximum absolute atomic E-state index is 14.4. The molecule has 0 saturated heterocycles. The fourth-order valence-corrected chi connectivity index (χ4v) is 4.82. The summed E-state index contributed by atoms with van der Waals surface area (Å²) in [4.78, 5) is 56.2. The highest BCUT2D eigenvalue weighted by atomic mass is 32.1. The van der Waals surface area contributed by atoms with Crippen LogP contribution in [-0.2, 0) is 30.3 Å². The minimum Gasteiger partial charge on any atom is -0.458 e. The predicted molar refractivity (Wildman–Crippen MR) is 175 cm³/mol. The van der Waals surface area contributed by atoms with Gasteiger partial charge in [-0.25, -0.2) is 9.59 Å². The molecular weight excluding hydrogens is 578 g/mol. The van der Waals surface area contributed by atoms with E-state index in [1.54, 1.807) is 74.4 Å². The summed E-state index contributed by atoms with van der Waals surface area (Å²) in [5, 5.41) is 5.52. The molecule has 3 unspecified atom stereocenters. The molecule has 3 atom stereocenters. The molecule has 0 spiro atoms. The molecule has 9 nitrogen and oxygen atoms in total. The molecule has 0 aliphatic carbocycles. The number of hydrogen-bond acceptors (Lipinski definition) is 7. The molecule has 0 heterocycles. The first-order valence-corrected chi connectivity index (χ1v) is 15.4. The number of alkyl carbamates (subject to hydrolysis) is 1. The number of hydrogen-bond donors (Lipinski definition) is 3. The second-order valence-electron chi connectivity index (χ2n) is 13.9. The number of amides is 3. The van der Waals surface area contributed by atoms with Crippen molar-refractivity contribution in [3.63, 3.8) is 0 Å². The van der Waals surface area contributed by atoms with Crippen molar-refractivity contribution in [1.29, 1.82) is 0 Å². The van der Waals surface area contributed by atoms with Crippen LogP contribution in [0.1, 0.15) is 85.0 Å². The highest BCUT2D eigenvalue weighted by Crippen LogP contribution is 2.31. The molecular formula is C34H49N3O6S. The van der Waals surface area contributed by atoms with Crippen molar-refractivity contribution < 1.29 is 28.7 Å². The van der Waals surface area contributed by atoms with Crippen LogP contribution in [0.4, 0.5) is 4.79 Å². The molecule has 2 aromatic rings. The molecule has 2 aromatic carbocycles. The van der Waals surface area contributed by atoms with Crippen LogP contribution < -0.4 is 10.6 Å². The Bertz CT molecular complexity index is 1290. The zero-order valence-corrected chi connectivity index (χ0v) is 28.6. The van der Waals surface area contributed by atoms with E-state index in [1.165, 1.54) is 4.90 Å². The Morgan fingerprint density at radius 3 is 1.89 bits per heavy atom. The number of rotatable bonds is 10. The average molecular weight is 628 g/mol. The molecule has 0 saturated carbocycles. The first kappa shape index (κ1) is 36.7. The number of nitrogens with zero attached hydrogens (tertiary/aromatic N) is 1. The number of nitrogens with one attached hydrogen (secondary N) is 2. The van der Waals surface area contributed by atoms with Crippen molar-refractivity contribution in [2.24, 2.45) is 0 Å². The molecule has 0 fully saturated rings. The maximum atomic E-state index is 14.4. The molecule has 0 aliphatic rings. The summed E-state index contributed by atoms with van der Waals surface area (Å²) < 4.78 is 11.1. The lowest BCUT2D eigenvalue weighted by Crippen LogP contribution is -2.60. The van der Waals surface area contributed by atoms with Crippen molar-refractivity contribution in [2.75, 3.05) is 5.75 Å². The van der Waals surface area contributed by atoms with Gasteiger partial charge >= 0.3 is 12.1 Å². The van der Waals surface area contributed by atoms with Crippen molar-refractivity contribution in [3.05, 3.63) is 71.3 Å². The quantitative estimate of drug-likeness (QED) is 0.235. The second kappa shape index (κ2) is 15.0. The van der Waals surface area contributed by atoms with E-state index in [2.05, 4.69) is 23.3 Å². The van der Waals surface area contributed by atoms with Crippen LogP contribution in [0.2, 0.25) is 0 Å². The molecule has 242 valence electrons. The van der Waals surface area contributed by atoms with Crippen LogP contribution in [-0.4, -0.2) is 63.4 Å². The number of benzene rings is 2. The van der Waals surface area contributed by atoms with Gasteiger partial charge in [0.15, 0.2) is 0 Å². The number of carbonyl (C=O) groups excluding carboxylic acids is 4. The van der Waals surface area contributed by atoms with Gasteiger partial charge in [-0.2, -0.15) is 12.6 Å². The number of aryl methyl sites for hydroxylation is 1. The molecule has 0 aliphatic heterocycles. The third-order valence-corrected chi connectivity index (χ3v) is 6.65. The standard InChI is InChI=1S/C34H49N3O6S/c1-22-15-14-18-24(19-22)27(37(32(2,3)4)29(39)26(21-44)36-31(41)43-34(8,9)10)28(38)35-25(30(40)42-33(5,6)7)20-23-16-12-11-13-17-23/h11-19,25-27,44H,20-21H2,1-10H3,(H,35,38)(H,36,41). The Balaban J connectivity index is 2.60. The van der Waals surface area contributed by atoms with E-state index in [0.29, 0.717) is 5.56 Å². The van der Waals surface area contributed by atoms with Crippen molar-refractivity contribution in [1.82, 2.24) is 15.5 Å². The molecule has 0 radical (unpaired) electrons. The second-order valence-corrected chi connectivity index (χ2v) is 14.2. The van der Waals surface area contributed by atoms with E-state index < -0.39 is 58.7 Å². The van der Waals surface area contributed by atoms with Crippen LogP contribution in [0.5, 0.6) is 0 Å². The van der Waals surface area contributed by atoms with E-state index in [-0.39, 0.29) is 12.2 Å². The molecule has 2 rings (SSSR count). The Hall–Kier alpha value is -3.53. The largest absolute Gasteiger partial charge is 0.458 e. The topological polar surface area (TPSA) is 114 Å². The number of thiol groups is 1. The molecule has 0 bridgehead atoms. The van der Waals surface area contributed by atoms with Gasteiger partial charge in [0.1, 0.15) is 29.3 Å². The lowest BCUT2D eigenvalue weighted by atomic mass is 9.94. The van der Waals surface area contributed by atoms with Gasteiger partial charge in [-0.1, -0.05) is 60.2 Å². The first-order valence-electron chi connectivity index (χ1n) is 14.8. The third kappa shape index (κ3) is 11.5. The highest BCUT2D eigenvalue weighted by molar-refractivity contribution is 7.80. The zero-order chi connectivity index (χ0) is 33.5. The summed E-state index contributed by atoms with van der Waals surface area (Å²) in [5.41, 5.74) is -0.211. The number of ether oxygens (including phenoxy) is 2. The smallest absolute Gasteiger partial charge is 0.408 e. The highest BCUT2D eigenvalue weighted by Gasteiger charge is 2.43. The normalized spacial score (nSPS) is 14.1. The Morgan fingerprint density at radius 2 is 1.39 bits per heavy atom. The molecule has 44 heavy (non-hydrogen) atoms. The van der Waals surface area contributed by atoms with Crippen molar-refractivity contribution >= 4 is 36.5 Å². The van der Waals surface area contributed by atoms with Gasteiger partial charge < -0.3 is 25.0 Å². The fraction of sp³-hybridized carbons (Fsp3) is 0.529. The van der Waals surface area contributed by atoms with Gasteiger partial charge in [-0.05, 0) is 80.4 Å². The lowest BCUT2D eigenvalue weighted by molar-refractivity contribution is -0.159. The SMILES string of the molecule is Cc1cccc(C(C(=O)NC(Cc2ccccc2)C(=O)OC(C)(C)C)N(C(=O)C(CS)NC(=O)OC(C)(C)C)C(C)(C)C)c1. The summed E-state index contributed by atoms with van der Waals surface area (Å²) in [6.45, 7) is 17.8. The first-order chi connectivity index (χ1) is 20.2. The fourth-order valence-electron chi connectivity index (χ4n) is 4.57.